The van der Waals surface area contributed by atoms with Gasteiger partial charge in [-0.25, -0.2) is 0 Å². The van der Waals surface area contributed by atoms with Crippen LogP contribution in [0.25, 0.3) is 0 Å². The molecular weight excluding hydrogens is 414 g/mol. The van der Waals surface area contributed by atoms with E-state index >= 15 is 0 Å². The fourth-order valence-electron chi connectivity index (χ4n) is 3.40. The average molecular weight is 436 g/mol. The Labute approximate surface area is 184 Å². The largest absolute Gasteiger partial charge is 0.326 e. The Morgan fingerprint density at radius 3 is 2.55 bits per heavy atom. The van der Waals surface area contributed by atoms with Crippen molar-refractivity contribution in [3.8, 4) is 0 Å². The number of pyridine rings is 1. The van der Waals surface area contributed by atoms with Gasteiger partial charge in [0.25, 0.3) is 11.5 Å². The summed E-state index contributed by atoms with van der Waals surface area (Å²) in [6, 6.07) is 17.0. The molecule has 0 radical (unpaired) electrons. The van der Waals surface area contributed by atoms with Crippen LogP contribution in [0.1, 0.15) is 29.3 Å². The molecule has 1 fully saturated rings. The number of halogens is 1. The number of nitrogens with one attached hydrogen (secondary N) is 2. The summed E-state index contributed by atoms with van der Waals surface area (Å²) in [5.41, 5.74) is 2.09. The number of rotatable bonds is 6. The molecule has 1 saturated carbocycles. The Hall–Kier alpha value is -3.38. The van der Waals surface area contributed by atoms with E-state index < -0.39 is 0 Å². The number of carbonyl (C=O) groups excluding carboxylic acids is 2. The molecular formula is C24H22ClN3O3. The highest BCUT2D eigenvalue weighted by Gasteiger charge is 2.39. The van der Waals surface area contributed by atoms with Crippen molar-refractivity contribution in [1.82, 2.24) is 4.57 Å². The van der Waals surface area contributed by atoms with Crippen LogP contribution in [-0.4, -0.2) is 16.4 Å². The van der Waals surface area contributed by atoms with Crippen molar-refractivity contribution in [1.29, 1.82) is 0 Å². The zero-order chi connectivity index (χ0) is 22.0. The van der Waals surface area contributed by atoms with Crippen LogP contribution in [0.2, 0.25) is 5.02 Å². The van der Waals surface area contributed by atoms with Gasteiger partial charge in [-0.2, -0.15) is 0 Å². The van der Waals surface area contributed by atoms with Crippen molar-refractivity contribution >= 4 is 34.8 Å². The molecule has 2 amide bonds. The van der Waals surface area contributed by atoms with E-state index in [1.54, 1.807) is 42.6 Å². The SMILES string of the molecule is CC1CC1C(=O)Nc1cccc(C(=O)Nc2ccc(=O)n(Cc3ccccc3Cl)c2)c1. The molecule has 0 aliphatic heterocycles. The van der Waals surface area contributed by atoms with Crippen LogP contribution in [-0.2, 0) is 11.3 Å². The Bertz CT molecular complexity index is 1200. The number of hydrogen-bond acceptors (Lipinski definition) is 3. The topological polar surface area (TPSA) is 80.2 Å². The minimum atomic E-state index is -0.334. The summed E-state index contributed by atoms with van der Waals surface area (Å²) < 4.78 is 1.49. The first-order valence-corrected chi connectivity index (χ1v) is 10.4. The standard InChI is InChI=1S/C24H22ClN3O3/c1-15-11-20(15)24(31)26-18-7-4-6-16(12-18)23(30)27-19-9-10-22(29)28(14-19)13-17-5-2-3-8-21(17)25/h2-10,12,14-15,20H,11,13H2,1H3,(H,26,31)(H,27,30). The van der Waals surface area contributed by atoms with Crippen molar-refractivity contribution in [2.45, 2.75) is 19.9 Å². The normalized spacial score (nSPS) is 17.1. The van der Waals surface area contributed by atoms with Gasteiger partial charge in [0.1, 0.15) is 0 Å². The molecule has 1 aromatic heterocycles. The highest BCUT2D eigenvalue weighted by molar-refractivity contribution is 6.31. The minimum Gasteiger partial charge on any atom is -0.326 e. The molecule has 1 aliphatic carbocycles. The van der Waals surface area contributed by atoms with Gasteiger partial charge in [-0.3, -0.25) is 14.4 Å². The first-order valence-electron chi connectivity index (χ1n) is 10.1. The molecule has 0 saturated heterocycles. The van der Waals surface area contributed by atoms with Crippen molar-refractivity contribution in [3.63, 3.8) is 0 Å². The van der Waals surface area contributed by atoms with Gasteiger partial charge < -0.3 is 15.2 Å². The van der Waals surface area contributed by atoms with Gasteiger partial charge >= 0.3 is 0 Å². The summed E-state index contributed by atoms with van der Waals surface area (Å²) in [6.45, 7) is 2.34. The zero-order valence-electron chi connectivity index (χ0n) is 17.0. The van der Waals surface area contributed by atoms with E-state index in [9.17, 15) is 14.4 Å². The molecule has 3 aromatic rings. The first-order chi connectivity index (χ1) is 14.9. The van der Waals surface area contributed by atoms with E-state index in [1.807, 2.05) is 25.1 Å². The number of amides is 2. The Morgan fingerprint density at radius 1 is 1.03 bits per heavy atom. The van der Waals surface area contributed by atoms with Gasteiger partial charge in [-0.05, 0) is 48.2 Å². The molecule has 158 valence electrons. The molecule has 6 nitrogen and oxygen atoms in total. The summed E-state index contributed by atoms with van der Waals surface area (Å²) in [5, 5.41) is 6.24. The molecule has 7 heteroatoms. The highest BCUT2D eigenvalue weighted by atomic mass is 35.5. The summed E-state index contributed by atoms with van der Waals surface area (Å²) in [4.78, 5) is 37.1. The molecule has 0 spiro atoms. The van der Waals surface area contributed by atoms with E-state index in [4.69, 9.17) is 11.6 Å². The number of anilines is 2. The van der Waals surface area contributed by atoms with Crippen LogP contribution >= 0.6 is 11.6 Å². The van der Waals surface area contributed by atoms with Gasteiger partial charge in [0, 0.05) is 34.5 Å². The van der Waals surface area contributed by atoms with Crippen LogP contribution in [0.4, 0.5) is 11.4 Å². The lowest BCUT2D eigenvalue weighted by molar-refractivity contribution is -0.117. The van der Waals surface area contributed by atoms with E-state index in [0.717, 1.165) is 12.0 Å². The molecule has 0 bridgehead atoms. The van der Waals surface area contributed by atoms with Gasteiger partial charge in [0.05, 0.1) is 12.2 Å². The van der Waals surface area contributed by atoms with E-state index in [-0.39, 0.29) is 23.3 Å². The summed E-state index contributed by atoms with van der Waals surface area (Å²) >= 11 is 6.20. The van der Waals surface area contributed by atoms with Crippen molar-refractivity contribution in [2.75, 3.05) is 10.6 Å². The van der Waals surface area contributed by atoms with Crippen LogP contribution in [0.3, 0.4) is 0 Å². The first kappa shape index (κ1) is 20.9. The number of nitrogens with zero attached hydrogens (tertiary/aromatic N) is 1. The Morgan fingerprint density at radius 2 is 1.81 bits per heavy atom. The van der Waals surface area contributed by atoms with Gasteiger partial charge in [0.15, 0.2) is 0 Å². The highest BCUT2D eigenvalue weighted by Crippen LogP contribution is 2.38. The van der Waals surface area contributed by atoms with E-state index in [2.05, 4.69) is 10.6 Å². The maximum Gasteiger partial charge on any atom is 0.255 e. The maximum absolute atomic E-state index is 12.7. The monoisotopic (exact) mass is 435 g/mol. The van der Waals surface area contributed by atoms with Crippen LogP contribution < -0.4 is 16.2 Å². The van der Waals surface area contributed by atoms with Crippen molar-refractivity contribution in [2.24, 2.45) is 11.8 Å². The lowest BCUT2D eigenvalue weighted by atomic mass is 10.1. The number of benzene rings is 2. The molecule has 1 aliphatic rings. The molecule has 2 aromatic carbocycles. The molecule has 4 rings (SSSR count). The third-order valence-corrected chi connectivity index (χ3v) is 5.75. The Kier molecular flexibility index (Phi) is 5.91. The van der Waals surface area contributed by atoms with E-state index in [1.165, 1.54) is 10.6 Å². The van der Waals surface area contributed by atoms with Gasteiger partial charge in [0.2, 0.25) is 5.91 Å². The smallest absolute Gasteiger partial charge is 0.255 e. The third-order valence-electron chi connectivity index (χ3n) is 5.38. The van der Waals surface area contributed by atoms with Crippen molar-refractivity contribution < 1.29 is 9.59 Å². The molecule has 2 atom stereocenters. The van der Waals surface area contributed by atoms with Crippen LogP contribution in [0.5, 0.6) is 0 Å². The second kappa shape index (κ2) is 8.78. The minimum absolute atomic E-state index is 0.0169. The number of aromatic nitrogens is 1. The molecule has 2 N–H and O–H groups in total. The number of carbonyl (C=O) groups is 2. The quantitative estimate of drug-likeness (QED) is 0.602. The second-order valence-corrected chi connectivity index (χ2v) is 8.23. The maximum atomic E-state index is 12.7. The molecule has 1 heterocycles. The second-order valence-electron chi connectivity index (χ2n) is 7.82. The van der Waals surface area contributed by atoms with Gasteiger partial charge in [-0.1, -0.05) is 42.8 Å². The molecule has 2 unspecified atom stereocenters. The summed E-state index contributed by atoms with van der Waals surface area (Å²) in [7, 11) is 0. The molecule has 31 heavy (non-hydrogen) atoms. The number of hydrogen-bond donors (Lipinski definition) is 2. The average Bonchev–Trinajstić information content (AvgIpc) is 3.49. The van der Waals surface area contributed by atoms with Gasteiger partial charge in [-0.15, -0.1) is 0 Å². The fourth-order valence-corrected chi connectivity index (χ4v) is 3.60. The lowest BCUT2D eigenvalue weighted by Gasteiger charge is -2.11. The predicted octanol–water partition coefficient (Wildman–Crippen LogP) is 4.40. The van der Waals surface area contributed by atoms with Crippen LogP contribution in [0.15, 0.2) is 71.7 Å². The van der Waals surface area contributed by atoms with E-state index in [0.29, 0.717) is 34.4 Å². The Balaban J connectivity index is 1.47. The third kappa shape index (κ3) is 5.03. The summed E-state index contributed by atoms with van der Waals surface area (Å²) in [6.07, 6.45) is 2.49. The predicted molar refractivity (Wildman–Crippen MR) is 122 cm³/mol. The van der Waals surface area contributed by atoms with Crippen LogP contribution in [0, 0.1) is 11.8 Å². The zero-order valence-corrected chi connectivity index (χ0v) is 17.7. The lowest BCUT2D eigenvalue weighted by Crippen LogP contribution is -2.21. The van der Waals surface area contributed by atoms with Crippen molar-refractivity contribution in [3.05, 3.63) is 93.4 Å². The summed E-state index contributed by atoms with van der Waals surface area (Å²) in [5.74, 6) is 0.111. The fraction of sp³-hybridized carbons (Fsp3) is 0.208.